The average molecular weight is 237 g/mol. The van der Waals surface area contributed by atoms with E-state index in [2.05, 4.69) is 0 Å². The lowest BCUT2D eigenvalue weighted by atomic mass is 10.2. The summed E-state index contributed by atoms with van der Waals surface area (Å²) in [5, 5.41) is 0.581. The molecule has 0 aliphatic heterocycles. The summed E-state index contributed by atoms with van der Waals surface area (Å²) in [6.07, 6.45) is 0.383. The van der Waals surface area contributed by atoms with Crippen molar-refractivity contribution in [3.05, 3.63) is 28.8 Å². The molecule has 0 fully saturated rings. The van der Waals surface area contributed by atoms with E-state index in [0.29, 0.717) is 29.7 Å². The highest BCUT2D eigenvalue weighted by Crippen LogP contribution is 2.27. The second-order valence-electron chi connectivity index (χ2n) is 2.74. The lowest BCUT2D eigenvalue weighted by molar-refractivity contribution is 0.288. The maximum absolute atomic E-state index is 11.8. The summed E-state index contributed by atoms with van der Waals surface area (Å²) in [7, 11) is 0. The number of ether oxygens (including phenoxy) is 1. The van der Waals surface area contributed by atoms with E-state index in [0.717, 1.165) is 5.56 Å². The molecule has 0 amide bonds. The summed E-state index contributed by atoms with van der Waals surface area (Å²) in [6.45, 7) is -0.0303. The van der Waals surface area contributed by atoms with E-state index in [-0.39, 0.29) is 6.67 Å². The Morgan fingerprint density at radius 2 is 2.14 bits per heavy atom. The normalized spacial score (nSPS) is 10.2. The third-order valence-corrected chi connectivity index (χ3v) is 2.37. The van der Waals surface area contributed by atoms with Gasteiger partial charge in [-0.15, -0.1) is 11.6 Å². The molecule has 0 atom stereocenters. The molecule has 14 heavy (non-hydrogen) atoms. The molecule has 0 saturated heterocycles. The summed E-state index contributed by atoms with van der Waals surface area (Å²) in [4.78, 5) is 0. The highest BCUT2D eigenvalue weighted by Gasteiger charge is 2.06. The molecule has 4 heteroatoms. The fourth-order valence-electron chi connectivity index (χ4n) is 1.04. The number of benzene rings is 1. The number of hydrogen-bond acceptors (Lipinski definition) is 1. The van der Waals surface area contributed by atoms with Gasteiger partial charge in [-0.1, -0.05) is 17.7 Å². The SMILES string of the molecule is FCCCOc1cccc(Cl)c1CCl. The zero-order valence-corrected chi connectivity index (χ0v) is 9.11. The monoisotopic (exact) mass is 236 g/mol. The van der Waals surface area contributed by atoms with E-state index in [1.165, 1.54) is 0 Å². The molecule has 1 aromatic carbocycles. The van der Waals surface area contributed by atoms with Crippen LogP contribution in [0.15, 0.2) is 18.2 Å². The van der Waals surface area contributed by atoms with Gasteiger partial charge >= 0.3 is 0 Å². The molecule has 78 valence electrons. The van der Waals surface area contributed by atoms with E-state index in [1.54, 1.807) is 18.2 Å². The highest BCUT2D eigenvalue weighted by atomic mass is 35.5. The van der Waals surface area contributed by atoms with Crippen molar-refractivity contribution in [3.63, 3.8) is 0 Å². The minimum absolute atomic E-state index is 0.296. The van der Waals surface area contributed by atoms with Crippen molar-refractivity contribution in [2.45, 2.75) is 12.3 Å². The highest BCUT2D eigenvalue weighted by molar-refractivity contribution is 6.32. The largest absolute Gasteiger partial charge is 0.493 e. The van der Waals surface area contributed by atoms with E-state index in [9.17, 15) is 4.39 Å². The Morgan fingerprint density at radius 3 is 2.79 bits per heavy atom. The number of hydrogen-bond donors (Lipinski definition) is 0. The lowest BCUT2D eigenvalue weighted by Gasteiger charge is -2.10. The van der Waals surface area contributed by atoms with Gasteiger partial charge in [0.25, 0.3) is 0 Å². The van der Waals surface area contributed by atoms with Gasteiger partial charge in [-0.25, -0.2) is 0 Å². The Balaban J connectivity index is 2.70. The molecule has 0 radical (unpaired) electrons. The second kappa shape index (κ2) is 6.10. The first-order chi connectivity index (χ1) is 6.79. The molecule has 0 bridgehead atoms. The minimum atomic E-state index is -0.378. The van der Waals surface area contributed by atoms with Gasteiger partial charge in [0, 0.05) is 17.0 Å². The van der Waals surface area contributed by atoms with Gasteiger partial charge in [0.05, 0.1) is 19.2 Å². The summed E-state index contributed by atoms with van der Waals surface area (Å²) in [6, 6.07) is 5.31. The van der Waals surface area contributed by atoms with Crippen LogP contribution in [0.2, 0.25) is 5.02 Å². The first kappa shape index (κ1) is 11.6. The minimum Gasteiger partial charge on any atom is -0.493 e. The Kier molecular flexibility index (Phi) is 5.05. The van der Waals surface area contributed by atoms with Crippen LogP contribution in [0.4, 0.5) is 4.39 Å². The zero-order valence-electron chi connectivity index (χ0n) is 7.60. The van der Waals surface area contributed by atoms with Crippen molar-refractivity contribution < 1.29 is 9.13 Å². The zero-order chi connectivity index (χ0) is 10.4. The predicted molar refractivity (Wildman–Crippen MR) is 57.1 cm³/mol. The van der Waals surface area contributed by atoms with E-state index < -0.39 is 0 Å². The van der Waals surface area contributed by atoms with Crippen molar-refractivity contribution in [2.75, 3.05) is 13.3 Å². The lowest BCUT2D eigenvalue weighted by Crippen LogP contribution is -2.00. The van der Waals surface area contributed by atoms with Crippen LogP contribution in [0.25, 0.3) is 0 Å². The van der Waals surface area contributed by atoms with Crippen LogP contribution in [0.1, 0.15) is 12.0 Å². The van der Waals surface area contributed by atoms with Crippen LogP contribution < -0.4 is 4.74 Å². The van der Waals surface area contributed by atoms with Crippen molar-refractivity contribution in [3.8, 4) is 5.75 Å². The van der Waals surface area contributed by atoms with Crippen LogP contribution in [0.5, 0.6) is 5.75 Å². The predicted octanol–water partition coefficient (Wildman–Crippen LogP) is 3.82. The van der Waals surface area contributed by atoms with Gasteiger partial charge in [-0.3, -0.25) is 4.39 Å². The Labute approximate surface area is 92.8 Å². The molecule has 0 aromatic heterocycles. The van der Waals surface area contributed by atoms with Crippen molar-refractivity contribution in [1.29, 1.82) is 0 Å². The van der Waals surface area contributed by atoms with Crippen LogP contribution in [-0.4, -0.2) is 13.3 Å². The fraction of sp³-hybridized carbons (Fsp3) is 0.400. The Morgan fingerprint density at radius 1 is 1.36 bits per heavy atom. The average Bonchev–Trinajstić information content (AvgIpc) is 2.18. The summed E-state index contributed by atoms with van der Waals surface area (Å²) in [5.74, 6) is 0.936. The van der Waals surface area contributed by atoms with Gasteiger partial charge in [-0.05, 0) is 12.1 Å². The molecule has 0 spiro atoms. The quantitative estimate of drug-likeness (QED) is 0.558. The Hall–Kier alpha value is -0.470. The summed E-state index contributed by atoms with van der Waals surface area (Å²) >= 11 is 11.6. The summed E-state index contributed by atoms with van der Waals surface area (Å²) < 4.78 is 17.2. The van der Waals surface area contributed by atoms with Crippen LogP contribution in [0, 0.1) is 0 Å². The third kappa shape index (κ3) is 3.03. The number of halogens is 3. The van der Waals surface area contributed by atoms with E-state index in [4.69, 9.17) is 27.9 Å². The smallest absolute Gasteiger partial charge is 0.125 e. The molecule has 1 nitrogen and oxygen atoms in total. The van der Waals surface area contributed by atoms with Gasteiger partial charge in [0.1, 0.15) is 5.75 Å². The van der Waals surface area contributed by atoms with Crippen LogP contribution >= 0.6 is 23.2 Å². The van der Waals surface area contributed by atoms with E-state index in [1.807, 2.05) is 0 Å². The van der Waals surface area contributed by atoms with Gasteiger partial charge in [0.15, 0.2) is 0 Å². The Bertz CT molecular complexity index is 291. The maximum Gasteiger partial charge on any atom is 0.125 e. The van der Waals surface area contributed by atoms with Gasteiger partial charge in [-0.2, -0.15) is 0 Å². The molecule has 0 aliphatic rings. The van der Waals surface area contributed by atoms with Crippen molar-refractivity contribution in [1.82, 2.24) is 0 Å². The molecular weight excluding hydrogens is 226 g/mol. The topological polar surface area (TPSA) is 9.23 Å². The number of rotatable bonds is 5. The fourth-order valence-corrected chi connectivity index (χ4v) is 1.62. The molecule has 1 aromatic rings. The van der Waals surface area contributed by atoms with Crippen molar-refractivity contribution >= 4 is 23.2 Å². The molecular formula is C10H11Cl2FO. The van der Waals surface area contributed by atoms with E-state index >= 15 is 0 Å². The molecule has 1 rings (SSSR count). The third-order valence-electron chi connectivity index (χ3n) is 1.75. The second-order valence-corrected chi connectivity index (χ2v) is 3.42. The molecule has 0 N–H and O–H groups in total. The summed E-state index contributed by atoms with van der Waals surface area (Å²) in [5.41, 5.74) is 0.759. The first-order valence-electron chi connectivity index (χ1n) is 4.31. The van der Waals surface area contributed by atoms with Crippen molar-refractivity contribution in [2.24, 2.45) is 0 Å². The van der Waals surface area contributed by atoms with Crippen LogP contribution in [0.3, 0.4) is 0 Å². The molecule has 0 saturated carbocycles. The first-order valence-corrected chi connectivity index (χ1v) is 5.23. The molecule has 0 unspecified atom stereocenters. The van der Waals surface area contributed by atoms with Gasteiger partial charge < -0.3 is 4.74 Å². The van der Waals surface area contributed by atoms with Gasteiger partial charge in [0.2, 0.25) is 0 Å². The van der Waals surface area contributed by atoms with Crippen LogP contribution in [-0.2, 0) is 5.88 Å². The number of alkyl halides is 2. The maximum atomic E-state index is 11.8. The standard InChI is InChI=1S/C10H11Cl2FO/c11-7-8-9(12)3-1-4-10(8)14-6-2-5-13/h1,3-4H,2,5-7H2. The molecule has 0 heterocycles. The molecule has 0 aliphatic carbocycles.